The third-order valence-corrected chi connectivity index (χ3v) is 5.15. The summed E-state index contributed by atoms with van der Waals surface area (Å²) in [5.74, 6) is 0.530. The molecule has 3 rings (SSSR count). The Labute approximate surface area is 110 Å². The fourth-order valence-electron chi connectivity index (χ4n) is 4.20. The van der Waals surface area contributed by atoms with Gasteiger partial charge in [0.1, 0.15) is 0 Å². The summed E-state index contributed by atoms with van der Waals surface area (Å²) in [5, 5.41) is 10.3. The van der Waals surface area contributed by atoms with Gasteiger partial charge in [0.25, 0.3) is 0 Å². The minimum absolute atomic E-state index is 0.0474. The van der Waals surface area contributed by atoms with E-state index in [9.17, 15) is 5.11 Å². The Balaban J connectivity index is 1.59. The van der Waals surface area contributed by atoms with E-state index in [4.69, 9.17) is 4.74 Å². The Kier molecular flexibility index (Phi) is 4.22. The van der Waals surface area contributed by atoms with Gasteiger partial charge >= 0.3 is 0 Å². The summed E-state index contributed by atoms with van der Waals surface area (Å²) in [6.07, 6.45) is 10.3. The number of hydrogen-bond donors (Lipinski definition) is 1. The lowest BCUT2D eigenvalue weighted by Crippen LogP contribution is -2.45. The first-order valence-corrected chi connectivity index (χ1v) is 7.88. The van der Waals surface area contributed by atoms with Crippen LogP contribution in [0.4, 0.5) is 0 Å². The first-order valence-electron chi connectivity index (χ1n) is 7.88. The molecule has 1 saturated carbocycles. The number of nitrogens with zero attached hydrogens (tertiary/aromatic N) is 1. The maximum Gasteiger partial charge on any atom is 0.0702 e. The van der Waals surface area contributed by atoms with Crippen molar-refractivity contribution in [2.45, 2.75) is 69.6 Å². The average molecular weight is 253 g/mol. The summed E-state index contributed by atoms with van der Waals surface area (Å²) in [6, 6.07) is 0.629. The van der Waals surface area contributed by atoms with Gasteiger partial charge in [-0.3, -0.25) is 4.90 Å². The predicted molar refractivity (Wildman–Crippen MR) is 71.5 cm³/mol. The van der Waals surface area contributed by atoms with Crippen LogP contribution in [-0.2, 0) is 4.74 Å². The molecule has 18 heavy (non-hydrogen) atoms. The molecular weight excluding hydrogens is 226 g/mol. The first-order chi connectivity index (χ1) is 8.84. The van der Waals surface area contributed by atoms with Crippen molar-refractivity contribution >= 4 is 0 Å². The average Bonchev–Trinajstić information content (AvgIpc) is 3.02. The van der Waals surface area contributed by atoms with E-state index in [0.29, 0.717) is 18.1 Å². The van der Waals surface area contributed by atoms with Crippen molar-refractivity contribution in [1.29, 1.82) is 0 Å². The molecule has 4 unspecified atom stereocenters. The maximum atomic E-state index is 10.3. The highest BCUT2D eigenvalue weighted by Crippen LogP contribution is 2.35. The Hall–Kier alpha value is -0.120. The Morgan fingerprint density at radius 3 is 2.67 bits per heavy atom. The van der Waals surface area contributed by atoms with Crippen molar-refractivity contribution in [1.82, 2.24) is 4.90 Å². The summed E-state index contributed by atoms with van der Waals surface area (Å²) in [5.41, 5.74) is 0. The van der Waals surface area contributed by atoms with Gasteiger partial charge in [0.05, 0.1) is 12.2 Å². The van der Waals surface area contributed by atoms with Gasteiger partial charge in [0, 0.05) is 25.1 Å². The van der Waals surface area contributed by atoms with E-state index < -0.39 is 0 Å². The van der Waals surface area contributed by atoms with Gasteiger partial charge in [-0.1, -0.05) is 12.8 Å². The standard InChI is InChI=1S/C15H27NO2/c17-15-8-2-1-6-13(15)14-7-3-9-16(14)11-12-5-4-10-18-12/h12-15,17H,1-11H2. The molecule has 1 N–H and O–H groups in total. The monoisotopic (exact) mass is 253 g/mol. The molecular formula is C15H27NO2. The highest BCUT2D eigenvalue weighted by molar-refractivity contribution is 4.91. The van der Waals surface area contributed by atoms with E-state index in [0.717, 1.165) is 19.6 Å². The zero-order valence-electron chi connectivity index (χ0n) is 11.4. The third kappa shape index (κ3) is 2.73. The minimum atomic E-state index is -0.0474. The number of ether oxygens (including phenoxy) is 1. The second-order valence-corrected chi connectivity index (χ2v) is 6.36. The first kappa shape index (κ1) is 12.9. The van der Waals surface area contributed by atoms with Gasteiger partial charge in [-0.15, -0.1) is 0 Å². The van der Waals surface area contributed by atoms with Crippen LogP contribution in [0.2, 0.25) is 0 Å². The van der Waals surface area contributed by atoms with E-state index in [1.165, 1.54) is 51.5 Å². The summed E-state index contributed by atoms with van der Waals surface area (Å²) >= 11 is 0. The van der Waals surface area contributed by atoms with Crippen LogP contribution in [0.25, 0.3) is 0 Å². The van der Waals surface area contributed by atoms with Crippen molar-refractivity contribution in [2.24, 2.45) is 5.92 Å². The third-order valence-electron chi connectivity index (χ3n) is 5.15. The number of likely N-dealkylation sites (tertiary alicyclic amines) is 1. The molecule has 3 aliphatic rings. The quantitative estimate of drug-likeness (QED) is 0.837. The van der Waals surface area contributed by atoms with Crippen LogP contribution in [0.1, 0.15) is 51.4 Å². The highest BCUT2D eigenvalue weighted by atomic mass is 16.5. The molecule has 3 fully saturated rings. The molecule has 1 aliphatic carbocycles. The molecule has 0 aromatic carbocycles. The van der Waals surface area contributed by atoms with Gasteiger partial charge in [0.15, 0.2) is 0 Å². The van der Waals surface area contributed by atoms with Crippen LogP contribution >= 0.6 is 0 Å². The normalized spacial score (nSPS) is 42.5. The Bertz CT molecular complexity index is 265. The Morgan fingerprint density at radius 1 is 1.00 bits per heavy atom. The van der Waals surface area contributed by atoms with Crippen LogP contribution in [0, 0.1) is 5.92 Å². The van der Waals surface area contributed by atoms with E-state index >= 15 is 0 Å². The van der Waals surface area contributed by atoms with Gasteiger partial charge in [-0.2, -0.15) is 0 Å². The molecule has 2 saturated heterocycles. The van der Waals surface area contributed by atoms with Crippen molar-refractivity contribution < 1.29 is 9.84 Å². The van der Waals surface area contributed by atoms with Gasteiger partial charge in [-0.05, 0) is 45.1 Å². The lowest BCUT2D eigenvalue weighted by atomic mass is 9.80. The smallest absolute Gasteiger partial charge is 0.0702 e. The molecule has 0 amide bonds. The molecule has 3 heteroatoms. The zero-order valence-corrected chi connectivity index (χ0v) is 11.4. The van der Waals surface area contributed by atoms with Crippen molar-refractivity contribution in [3.05, 3.63) is 0 Å². The Morgan fingerprint density at radius 2 is 1.89 bits per heavy atom. The molecule has 2 heterocycles. The maximum absolute atomic E-state index is 10.3. The molecule has 3 nitrogen and oxygen atoms in total. The zero-order chi connectivity index (χ0) is 12.4. The number of rotatable bonds is 3. The minimum Gasteiger partial charge on any atom is -0.393 e. The summed E-state index contributed by atoms with van der Waals surface area (Å²) in [7, 11) is 0. The number of hydrogen-bond acceptors (Lipinski definition) is 3. The SMILES string of the molecule is OC1CCCCC1C1CCCN1CC1CCCO1. The number of aliphatic hydroxyl groups is 1. The molecule has 0 radical (unpaired) electrons. The molecule has 2 aliphatic heterocycles. The largest absolute Gasteiger partial charge is 0.393 e. The molecule has 0 aromatic heterocycles. The second kappa shape index (κ2) is 5.89. The second-order valence-electron chi connectivity index (χ2n) is 6.36. The summed E-state index contributed by atoms with van der Waals surface area (Å²) < 4.78 is 5.77. The van der Waals surface area contributed by atoms with Crippen molar-refractivity contribution in [2.75, 3.05) is 19.7 Å². The fraction of sp³-hybridized carbons (Fsp3) is 1.00. The molecule has 0 aromatic rings. The molecule has 4 atom stereocenters. The fourth-order valence-corrected chi connectivity index (χ4v) is 4.20. The van der Waals surface area contributed by atoms with Crippen molar-refractivity contribution in [3.63, 3.8) is 0 Å². The molecule has 0 bridgehead atoms. The lowest BCUT2D eigenvalue weighted by molar-refractivity contribution is 0.00447. The van der Waals surface area contributed by atoms with Crippen LogP contribution in [0.5, 0.6) is 0 Å². The van der Waals surface area contributed by atoms with Crippen LogP contribution < -0.4 is 0 Å². The topological polar surface area (TPSA) is 32.7 Å². The van der Waals surface area contributed by atoms with E-state index in [-0.39, 0.29) is 6.10 Å². The predicted octanol–water partition coefficient (Wildman–Crippen LogP) is 2.18. The van der Waals surface area contributed by atoms with Gasteiger partial charge in [0.2, 0.25) is 0 Å². The summed E-state index contributed by atoms with van der Waals surface area (Å²) in [6.45, 7) is 3.27. The van der Waals surface area contributed by atoms with Crippen molar-refractivity contribution in [3.8, 4) is 0 Å². The van der Waals surface area contributed by atoms with E-state index in [1.54, 1.807) is 0 Å². The van der Waals surface area contributed by atoms with Crippen LogP contribution in [-0.4, -0.2) is 48.0 Å². The van der Waals surface area contributed by atoms with E-state index in [1.807, 2.05) is 0 Å². The summed E-state index contributed by atoms with van der Waals surface area (Å²) in [4.78, 5) is 2.62. The van der Waals surface area contributed by atoms with Gasteiger partial charge in [-0.25, -0.2) is 0 Å². The van der Waals surface area contributed by atoms with Crippen LogP contribution in [0.3, 0.4) is 0 Å². The van der Waals surface area contributed by atoms with Crippen LogP contribution in [0.15, 0.2) is 0 Å². The van der Waals surface area contributed by atoms with E-state index in [2.05, 4.69) is 4.90 Å². The molecule has 0 spiro atoms. The molecule has 104 valence electrons. The van der Waals surface area contributed by atoms with Gasteiger partial charge < -0.3 is 9.84 Å². The number of aliphatic hydroxyl groups excluding tert-OH is 1. The highest BCUT2D eigenvalue weighted by Gasteiger charge is 2.37. The lowest BCUT2D eigenvalue weighted by Gasteiger charge is -2.38.